The monoisotopic (exact) mass is 159 g/mol. The molecule has 0 spiro atoms. The summed E-state index contributed by atoms with van der Waals surface area (Å²) in [5.74, 6) is 5.54. The van der Waals surface area contributed by atoms with E-state index in [0.29, 0.717) is 12.5 Å². The standard InChI is InChI=1S/C7H17N3O/c1-6(2)4-3-5-9-7(11)10-8/h6H,3-5,8H2,1-2H3,(H2,9,10,11). The van der Waals surface area contributed by atoms with Crippen molar-refractivity contribution in [1.29, 1.82) is 0 Å². The van der Waals surface area contributed by atoms with Gasteiger partial charge in [-0.05, 0) is 18.8 Å². The smallest absolute Gasteiger partial charge is 0.328 e. The van der Waals surface area contributed by atoms with Crippen LogP contribution < -0.4 is 16.6 Å². The molecule has 0 aromatic heterocycles. The number of nitrogens with two attached hydrogens (primary N) is 1. The van der Waals surface area contributed by atoms with Gasteiger partial charge in [-0.1, -0.05) is 13.8 Å². The minimum absolute atomic E-state index is 0.311. The summed E-state index contributed by atoms with van der Waals surface area (Å²) in [7, 11) is 0. The molecular weight excluding hydrogens is 142 g/mol. The fourth-order valence-electron chi connectivity index (χ4n) is 0.763. The molecule has 4 N–H and O–H groups in total. The van der Waals surface area contributed by atoms with E-state index in [4.69, 9.17) is 5.84 Å². The first-order chi connectivity index (χ1) is 5.16. The average Bonchev–Trinajstić information content (AvgIpc) is 1.97. The van der Waals surface area contributed by atoms with Gasteiger partial charge in [-0.3, -0.25) is 5.43 Å². The van der Waals surface area contributed by atoms with E-state index >= 15 is 0 Å². The van der Waals surface area contributed by atoms with Crippen molar-refractivity contribution in [3.05, 3.63) is 0 Å². The number of hydrogen-bond donors (Lipinski definition) is 3. The maximum Gasteiger partial charge on any atom is 0.328 e. The second-order valence-corrected chi connectivity index (χ2v) is 2.94. The van der Waals surface area contributed by atoms with Crippen LogP contribution >= 0.6 is 0 Å². The lowest BCUT2D eigenvalue weighted by molar-refractivity contribution is 0.241. The van der Waals surface area contributed by atoms with Crippen LogP contribution in [0.2, 0.25) is 0 Å². The molecule has 0 aliphatic rings. The molecule has 2 amide bonds. The van der Waals surface area contributed by atoms with Gasteiger partial charge in [-0.25, -0.2) is 10.6 Å². The Morgan fingerprint density at radius 1 is 1.55 bits per heavy atom. The van der Waals surface area contributed by atoms with Crippen LogP contribution in [-0.4, -0.2) is 12.6 Å². The Hall–Kier alpha value is -0.770. The predicted molar refractivity (Wildman–Crippen MR) is 44.8 cm³/mol. The molecule has 0 aromatic rings. The summed E-state index contributed by atoms with van der Waals surface area (Å²) < 4.78 is 0. The van der Waals surface area contributed by atoms with Crippen LogP contribution in [0.15, 0.2) is 0 Å². The Bertz CT molecular complexity index is 114. The highest BCUT2D eigenvalue weighted by Crippen LogP contribution is 2.01. The zero-order chi connectivity index (χ0) is 8.69. The SMILES string of the molecule is CC(C)CCCNC(=O)NN. The van der Waals surface area contributed by atoms with Gasteiger partial charge in [0.05, 0.1) is 0 Å². The summed E-state index contributed by atoms with van der Waals surface area (Å²) >= 11 is 0. The van der Waals surface area contributed by atoms with Crippen LogP contribution in [-0.2, 0) is 0 Å². The summed E-state index contributed by atoms with van der Waals surface area (Å²) in [4.78, 5) is 10.5. The summed E-state index contributed by atoms with van der Waals surface area (Å²) in [6.45, 7) is 5.01. The van der Waals surface area contributed by atoms with Gasteiger partial charge in [0.15, 0.2) is 0 Å². The molecule has 0 saturated heterocycles. The minimum atomic E-state index is -0.311. The normalized spacial score (nSPS) is 9.82. The maximum atomic E-state index is 10.5. The molecule has 0 saturated carbocycles. The molecule has 0 bridgehead atoms. The minimum Gasteiger partial charge on any atom is -0.337 e. The molecule has 0 rings (SSSR count). The number of nitrogens with one attached hydrogen (secondary N) is 2. The first-order valence-electron chi connectivity index (χ1n) is 3.91. The van der Waals surface area contributed by atoms with Gasteiger partial charge in [0.2, 0.25) is 0 Å². The van der Waals surface area contributed by atoms with Crippen molar-refractivity contribution in [2.45, 2.75) is 26.7 Å². The molecule has 0 radical (unpaired) electrons. The van der Waals surface area contributed by atoms with Crippen molar-refractivity contribution in [3.63, 3.8) is 0 Å². The lowest BCUT2D eigenvalue weighted by Gasteiger charge is -2.05. The average molecular weight is 159 g/mol. The third-order valence-corrected chi connectivity index (χ3v) is 1.37. The molecule has 66 valence electrons. The van der Waals surface area contributed by atoms with E-state index in [1.807, 2.05) is 5.43 Å². The molecule has 4 nitrogen and oxygen atoms in total. The predicted octanol–water partition coefficient (Wildman–Crippen LogP) is 0.596. The molecule has 0 heterocycles. The van der Waals surface area contributed by atoms with Crippen molar-refractivity contribution >= 4 is 6.03 Å². The van der Waals surface area contributed by atoms with Crippen LogP contribution in [0, 0.1) is 5.92 Å². The summed E-state index contributed by atoms with van der Waals surface area (Å²) in [6.07, 6.45) is 2.13. The number of amides is 2. The Morgan fingerprint density at radius 3 is 2.64 bits per heavy atom. The summed E-state index contributed by atoms with van der Waals surface area (Å²) in [5.41, 5.74) is 2.00. The molecule has 0 aliphatic heterocycles. The molecule has 0 aliphatic carbocycles. The molecule has 0 aromatic carbocycles. The third-order valence-electron chi connectivity index (χ3n) is 1.37. The van der Waals surface area contributed by atoms with E-state index < -0.39 is 0 Å². The fraction of sp³-hybridized carbons (Fsp3) is 0.857. The van der Waals surface area contributed by atoms with Crippen LogP contribution in [0.5, 0.6) is 0 Å². The van der Waals surface area contributed by atoms with Gasteiger partial charge >= 0.3 is 6.03 Å². The third kappa shape index (κ3) is 7.12. The van der Waals surface area contributed by atoms with Gasteiger partial charge in [0.1, 0.15) is 0 Å². The van der Waals surface area contributed by atoms with E-state index in [1.165, 1.54) is 0 Å². The van der Waals surface area contributed by atoms with Gasteiger partial charge in [0.25, 0.3) is 0 Å². The first kappa shape index (κ1) is 10.2. The second-order valence-electron chi connectivity index (χ2n) is 2.94. The molecule has 11 heavy (non-hydrogen) atoms. The number of urea groups is 1. The fourth-order valence-corrected chi connectivity index (χ4v) is 0.763. The van der Waals surface area contributed by atoms with E-state index in [2.05, 4.69) is 19.2 Å². The van der Waals surface area contributed by atoms with Crippen LogP contribution in [0.3, 0.4) is 0 Å². The van der Waals surface area contributed by atoms with Crippen LogP contribution in [0.1, 0.15) is 26.7 Å². The maximum absolute atomic E-state index is 10.5. The summed E-state index contributed by atoms with van der Waals surface area (Å²) in [6, 6.07) is -0.311. The highest BCUT2D eigenvalue weighted by Gasteiger charge is 1.96. The van der Waals surface area contributed by atoms with Crippen molar-refractivity contribution in [3.8, 4) is 0 Å². The highest BCUT2D eigenvalue weighted by molar-refractivity contribution is 5.72. The molecule has 0 fully saturated rings. The van der Waals surface area contributed by atoms with Crippen molar-refractivity contribution in [1.82, 2.24) is 10.7 Å². The quantitative estimate of drug-likeness (QED) is 0.243. The number of hydrazine groups is 1. The van der Waals surface area contributed by atoms with E-state index in [0.717, 1.165) is 12.8 Å². The van der Waals surface area contributed by atoms with Crippen molar-refractivity contribution in [2.75, 3.05) is 6.54 Å². The van der Waals surface area contributed by atoms with Crippen molar-refractivity contribution in [2.24, 2.45) is 11.8 Å². The van der Waals surface area contributed by atoms with E-state index in [-0.39, 0.29) is 6.03 Å². The van der Waals surface area contributed by atoms with Gasteiger partial charge in [-0.2, -0.15) is 0 Å². The van der Waals surface area contributed by atoms with Gasteiger partial charge in [0, 0.05) is 6.54 Å². The first-order valence-corrected chi connectivity index (χ1v) is 3.91. The molecule has 4 heteroatoms. The van der Waals surface area contributed by atoms with Crippen LogP contribution in [0.4, 0.5) is 4.79 Å². The zero-order valence-electron chi connectivity index (χ0n) is 7.18. The lowest BCUT2D eigenvalue weighted by Crippen LogP contribution is -2.40. The van der Waals surface area contributed by atoms with Gasteiger partial charge in [-0.15, -0.1) is 0 Å². The Labute approximate surface area is 67.5 Å². The number of hydrogen-bond acceptors (Lipinski definition) is 2. The van der Waals surface area contributed by atoms with Crippen molar-refractivity contribution < 1.29 is 4.79 Å². The number of carbonyl (C=O) groups is 1. The topological polar surface area (TPSA) is 67.2 Å². The highest BCUT2D eigenvalue weighted by atomic mass is 16.2. The zero-order valence-corrected chi connectivity index (χ0v) is 7.18. The Balaban J connectivity index is 3.08. The largest absolute Gasteiger partial charge is 0.337 e. The summed E-state index contributed by atoms with van der Waals surface area (Å²) in [5, 5.41) is 2.61. The second kappa shape index (κ2) is 5.97. The molecular formula is C7H17N3O. The van der Waals surface area contributed by atoms with E-state index in [9.17, 15) is 4.79 Å². The number of carbonyl (C=O) groups excluding carboxylic acids is 1. The van der Waals surface area contributed by atoms with E-state index in [1.54, 1.807) is 0 Å². The Morgan fingerprint density at radius 2 is 2.18 bits per heavy atom. The van der Waals surface area contributed by atoms with Gasteiger partial charge < -0.3 is 5.32 Å². The molecule has 0 unspecified atom stereocenters. The Kier molecular flexibility index (Phi) is 5.56. The number of rotatable bonds is 4. The molecule has 0 atom stereocenters. The van der Waals surface area contributed by atoms with Crippen LogP contribution in [0.25, 0.3) is 0 Å². The lowest BCUT2D eigenvalue weighted by atomic mass is 10.1.